The van der Waals surface area contributed by atoms with Crippen LogP contribution in [0.5, 0.6) is 0 Å². The van der Waals surface area contributed by atoms with E-state index >= 15 is 0 Å². The minimum Gasteiger partial charge on any atom is -0.248 e. The van der Waals surface area contributed by atoms with Gasteiger partial charge >= 0.3 is 0 Å². The smallest absolute Gasteiger partial charge is 0.248 e. The van der Waals surface area contributed by atoms with E-state index in [9.17, 15) is 12.8 Å². The normalized spacial score (nSPS) is 11.6. The number of H-pyrrole nitrogens is 1. The molecule has 1 N–H and O–H groups in total. The van der Waals surface area contributed by atoms with Gasteiger partial charge in [0.1, 0.15) is 5.82 Å². The van der Waals surface area contributed by atoms with Gasteiger partial charge in [-0.3, -0.25) is 0 Å². The molecule has 0 bridgehead atoms. The number of hydrogen-bond donors (Lipinski definition) is 1. The second kappa shape index (κ2) is 3.84. The van der Waals surface area contributed by atoms with Crippen molar-refractivity contribution in [3.63, 3.8) is 0 Å². The highest BCUT2D eigenvalue weighted by molar-refractivity contribution is 8.13. The predicted octanol–water partition coefficient (Wildman–Crippen LogP) is 1.54. The third-order valence-corrected chi connectivity index (χ3v) is 2.88. The third-order valence-electron chi connectivity index (χ3n) is 1.80. The van der Waals surface area contributed by atoms with Crippen LogP contribution in [0.4, 0.5) is 4.39 Å². The number of benzene rings is 1. The van der Waals surface area contributed by atoms with Gasteiger partial charge in [-0.25, -0.2) is 17.9 Å². The largest absolute Gasteiger partial charge is 0.296 e. The molecule has 1 heterocycles. The van der Waals surface area contributed by atoms with Crippen LogP contribution in [0.2, 0.25) is 0 Å². The van der Waals surface area contributed by atoms with E-state index in [2.05, 4.69) is 15.2 Å². The molecule has 0 aliphatic carbocycles. The van der Waals surface area contributed by atoms with Gasteiger partial charge in [-0.15, -0.1) is 0 Å². The molecule has 2 rings (SSSR count). The van der Waals surface area contributed by atoms with Crippen LogP contribution in [0.15, 0.2) is 29.4 Å². The Morgan fingerprint density at radius 2 is 1.88 bits per heavy atom. The van der Waals surface area contributed by atoms with Gasteiger partial charge in [-0.1, -0.05) is 0 Å². The van der Waals surface area contributed by atoms with E-state index < -0.39 is 20.0 Å². The lowest BCUT2D eigenvalue weighted by atomic mass is 10.2. The van der Waals surface area contributed by atoms with Gasteiger partial charge < -0.3 is 0 Å². The molecule has 0 spiro atoms. The second-order valence-electron chi connectivity index (χ2n) is 2.91. The van der Waals surface area contributed by atoms with E-state index in [4.69, 9.17) is 10.7 Å². The molecule has 5 nitrogen and oxygen atoms in total. The standard InChI is InChI=1S/C8H5ClFN3O2S/c9-16(14,15)8-11-7(12-13-8)5-1-3-6(10)4-2-5/h1-4H,(H,11,12,13). The molecule has 16 heavy (non-hydrogen) atoms. The summed E-state index contributed by atoms with van der Waals surface area (Å²) in [6.45, 7) is 0. The summed E-state index contributed by atoms with van der Waals surface area (Å²) in [5.74, 6) is -0.260. The molecule has 8 heteroatoms. The summed E-state index contributed by atoms with van der Waals surface area (Å²) >= 11 is 0. The van der Waals surface area contributed by atoms with Crippen molar-refractivity contribution in [2.24, 2.45) is 0 Å². The lowest BCUT2D eigenvalue weighted by molar-refractivity contribution is 0.602. The van der Waals surface area contributed by atoms with Gasteiger partial charge in [0, 0.05) is 16.2 Å². The maximum absolute atomic E-state index is 12.6. The maximum atomic E-state index is 12.6. The van der Waals surface area contributed by atoms with Crippen molar-refractivity contribution in [1.29, 1.82) is 0 Å². The Morgan fingerprint density at radius 3 is 2.38 bits per heavy atom. The Kier molecular flexibility index (Phi) is 2.64. The summed E-state index contributed by atoms with van der Waals surface area (Å²) in [5.41, 5.74) is 0.490. The van der Waals surface area contributed by atoms with Crippen molar-refractivity contribution in [3.05, 3.63) is 30.1 Å². The number of aromatic amines is 1. The second-order valence-corrected chi connectivity index (χ2v) is 5.39. The maximum Gasteiger partial charge on any atom is 0.296 e. The van der Waals surface area contributed by atoms with Crippen LogP contribution in [0, 0.1) is 5.82 Å². The zero-order chi connectivity index (χ0) is 11.8. The molecule has 0 atom stereocenters. The lowest BCUT2D eigenvalue weighted by Crippen LogP contribution is -1.92. The number of aromatic nitrogens is 3. The van der Waals surface area contributed by atoms with Crippen molar-refractivity contribution in [3.8, 4) is 11.4 Å². The molecule has 0 fully saturated rings. The average molecular weight is 262 g/mol. The Bertz CT molecular complexity index is 608. The molecular weight excluding hydrogens is 257 g/mol. The van der Waals surface area contributed by atoms with E-state index in [-0.39, 0.29) is 5.82 Å². The van der Waals surface area contributed by atoms with Crippen molar-refractivity contribution < 1.29 is 12.8 Å². The van der Waals surface area contributed by atoms with Crippen LogP contribution < -0.4 is 0 Å². The number of hydrogen-bond acceptors (Lipinski definition) is 4. The lowest BCUT2D eigenvalue weighted by Gasteiger charge is -1.93. The van der Waals surface area contributed by atoms with Crippen molar-refractivity contribution in [1.82, 2.24) is 15.2 Å². The molecular formula is C8H5ClFN3O2S. The summed E-state index contributed by atoms with van der Waals surface area (Å²) in [4.78, 5) is 3.67. The zero-order valence-electron chi connectivity index (χ0n) is 7.68. The summed E-state index contributed by atoms with van der Waals surface area (Å²) in [7, 11) is 1.13. The van der Waals surface area contributed by atoms with E-state index in [1.807, 2.05) is 0 Å². The highest BCUT2D eigenvalue weighted by atomic mass is 35.7. The van der Waals surface area contributed by atoms with Crippen LogP contribution in [0.1, 0.15) is 0 Å². The fraction of sp³-hybridized carbons (Fsp3) is 0. The van der Waals surface area contributed by atoms with E-state index in [1.54, 1.807) is 0 Å². The molecule has 0 saturated carbocycles. The molecule has 84 valence electrons. The SMILES string of the molecule is O=S(=O)(Cl)c1nc(-c2ccc(F)cc2)n[nH]1. The highest BCUT2D eigenvalue weighted by Gasteiger charge is 2.16. The molecule has 0 aliphatic rings. The number of halogens is 2. The van der Waals surface area contributed by atoms with Gasteiger partial charge in [0.05, 0.1) is 0 Å². The van der Waals surface area contributed by atoms with Crippen LogP contribution in [0.3, 0.4) is 0 Å². The first-order chi connectivity index (χ1) is 7.47. The molecule has 0 unspecified atom stereocenters. The van der Waals surface area contributed by atoms with E-state index in [0.29, 0.717) is 5.56 Å². The molecule has 0 amide bonds. The monoisotopic (exact) mass is 261 g/mol. The molecule has 0 aliphatic heterocycles. The topological polar surface area (TPSA) is 75.7 Å². The Balaban J connectivity index is 2.43. The van der Waals surface area contributed by atoms with Gasteiger partial charge in [-0.05, 0) is 24.3 Å². The Labute approximate surface area is 94.7 Å². The fourth-order valence-electron chi connectivity index (χ4n) is 1.08. The van der Waals surface area contributed by atoms with Crippen molar-refractivity contribution in [2.45, 2.75) is 5.16 Å². The minimum absolute atomic E-state index is 0.138. The fourth-order valence-corrected chi connectivity index (χ4v) is 1.64. The number of nitrogens with zero attached hydrogens (tertiary/aromatic N) is 2. The first-order valence-electron chi connectivity index (χ1n) is 4.10. The van der Waals surface area contributed by atoms with Crippen molar-refractivity contribution in [2.75, 3.05) is 0 Å². The summed E-state index contributed by atoms with van der Waals surface area (Å²) in [5, 5.41) is 5.41. The van der Waals surface area contributed by atoms with Gasteiger partial charge in [0.25, 0.3) is 14.2 Å². The van der Waals surface area contributed by atoms with Crippen molar-refractivity contribution >= 4 is 19.7 Å². The van der Waals surface area contributed by atoms with Crippen LogP contribution in [-0.4, -0.2) is 23.6 Å². The predicted molar refractivity (Wildman–Crippen MR) is 54.8 cm³/mol. The molecule has 0 saturated heterocycles. The zero-order valence-corrected chi connectivity index (χ0v) is 9.26. The Morgan fingerprint density at radius 1 is 1.25 bits per heavy atom. The molecule has 1 aromatic heterocycles. The minimum atomic E-state index is -3.93. The first kappa shape index (κ1) is 11.0. The molecule has 1 aromatic carbocycles. The van der Waals surface area contributed by atoms with Gasteiger partial charge in [0.2, 0.25) is 0 Å². The van der Waals surface area contributed by atoms with Gasteiger partial charge in [-0.2, -0.15) is 10.1 Å². The van der Waals surface area contributed by atoms with Crippen LogP contribution >= 0.6 is 10.7 Å². The van der Waals surface area contributed by atoms with Gasteiger partial charge in [0.15, 0.2) is 5.82 Å². The third kappa shape index (κ3) is 2.20. The number of rotatable bonds is 2. The summed E-state index contributed by atoms with van der Waals surface area (Å²) < 4.78 is 34.4. The first-order valence-corrected chi connectivity index (χ1v) is 6.41. The quantitative estimate of drug-likeness (QED) is 0.832. The highest BCUT2D eigenvalue weighted by Crippen LogP contribution is 2.17. The van der Waals surface area contributed by atoms with E-state index in [0.717, 1.165) is 0 Å². The number of nitrogens with one attached hydrogen (secondary N) is 1. The molecule has 2 aromatic rings. The van der Waals surface area contributed by atoms with E-state index in [1.165, 1.54) is 24.3 Å². The van der Waals surface area contributed by atoms with Crippen LogP contribution in [0.25, 0.3) is 11.4 Å². The Hall–Kier alpha value is -1.47. The van der Waals surface area contributed by atoms with Crippen LogP contribution in [-0.2, 0) is 9.05 Å². The average Bonchev–Trinajstić information content (AvgIpc) is 2.67. The summed E-state index contributed by atoms with van der Waals surface area (Å²) in [6, 6.07) is 5.31. The molecule has 0 radical (unpaired) electrons. The summed E-state index contributed by atoms with van der Waals surface area (Å²) in [6.07, 6.45) is 0.